The zero-order chi connectivity index (χ0) is 25.0. The number of carbonyl (C=O) groups excluding carboxylic acids is 2. The summed E-state index contributed by atoms with van der Waals surface area (Å²) in [4.78, 5) is 40.3. The van der Waals surface area contributed by atoms with Gasteiger partial charge in [-0.2, -0.15) is 4.91 Å². The second kappa shape index (κ2) is 11.5. The fraction of sp³-hybridized carbons (Fsp3) is 0.704. The molecule has 1 saturated heterocycles. The summed E-state index contributed by atoms with van der Waals surface area (Å²) in [5.74, 6) is 2.46. The molecule has 2 unspecified atom stereocenters. The van der Waals surface area contributed by atoms with Gasteiger partial charge in [0.25, 0.3) is 0 Å². The van der Waals surface area contributed by atoms with Crippen molar-refractivity contribution in [2.75, 3.05) is 32.7 Å². The molecule has 1 heterocycles. The van der Waals surface area contributed by atoms with Crippen LogP contribution in [0.25, 0.3) is 0 Å². The standard InChI is InChI=1S/C27H39BrN4O3/c1-3-19-10-21-13-27(2,14-22(21)11-19)15-25(33)29-17-26(34)32-8-6-31(7-9-32)18-23-12-24(28)5-4-20(23)16-30-35/h4-5,12,19,21-22H,3,6-11,13-18H2,1-2H3,(H,29,33). The summed E-state index contributed by atoms with van der Waals surface area (Å²) >= 11 is 3.50. The smallest absolute Gasteiger partial charge is 0.242 e. The van der Waals surface area contributed by atoms with E-state index in [1.807, 2.05) is 23.1 Å². The van der Waals surface area contributed by atoms with E-state index in [0.29, 0.717) is 19.5 Å². The lowest BCUT2D eigenvalue weighted by Crippen LogP contribution is -2.51. The van der Waals surface area contributed by atoms with Crippen LogP contribution < -0.4 is 5.32 Å². The summed E-state index contributed by atoms with van der Waals surface area (Å²) in [6, 6.07) is 5.90. The molecule has 1 aliphatic heterocycles. The van der Waals surface area contributed by atoms with E-state index in [9.17, 15) is 14.5 Å². The van der Waals surface area contributed by atoms with E-state index >= 15 is 0 Å². The van der Waals surface area contributed by atoms with E-state index < -0.39 is 0 Å². The predicted molar refractivity (Wildman–Crippen MR) is 140 cm³/mol. The molecule has 3 fully saturated rings. The molecule has 3 aliphatic rings. The van der Waals surface area contributed by atoms with Gasteiger partial charge in [-0.25, -0.2) is 0 Å². The molecule has 35 heavy (non-hydrogen) atoms. The van der Waals surface area contributed by atoms with Crippen LogP contribution in [0.3, 0.4) is 0 Å². The Kier molecular flexibility index (Phi) is 8.63. The summed E-state index contributed by atoms with van der Waals surface area (Å²) in [6.45, 7) is 8.34. The van der Waals surface area contributed by atoms with Gasteiger partial charge in [0.15, 0.2) is 0 Å². The summed E-state index contributed by atoms with van der Waals surface area (Å²) in [6.07, 6.45) is 6.78. The van der Waals surface area contributed by atoms with Crippen LogP contribution in [0, 0.1) is 28.1 Å². The number of benzene rings is 1. The minimum Gasteiger partial charge on any atom is -0.347 e. The number of hydrogen-bond donors (Lipinski definition) is 1. The van der Waals surface area contributed by atoms with Gasteiger partial charge in [0.2, 0.25) is 11.8 Å². The van der Waals surface area contributed by atoms with Gasteiger partial charge in [0, 0.05) is 43.6 Å². The van der Waals surface area contributed by atoms with E-state index in [-0.39, 0.29) is 30.3 Å². The molecule has 0 aromatic heterocycles. The van der Waals surface area contributed by atoms with Crippen molar-refractivity contribution in [2.24, 2.45) is 28.3 Å². The molecule has 0 radical (unpaired) electrons. The first-order valence-corrected chi connectivity index (χ1v) is 13.9. The molecule has 0 bridgehead atoms. The molecule has 2 amide bonds. The number of nitrogens with zero attached hydrogens (tertiary/aromatic N) is 3. The Hall–Kier alpha value is -1.80. The Morgan fingerprint density at radius 2 is 1.80 bits per heavy atom. The van der Waals surface area contributed by atoms with Crippen molar-refractivity contribution in [3.8, 4) is 0 Å². The molecule has 2 atom stereocenters. The van der Waals surface area contributed by atoms with Crippen LogP contribution >= 0.6 is 15.9 Å². The quantitative estimate of drug-likeness (QED) is 0.454. The first-order valence-electron chi connectivity index (χ1n) is 13.1. The second-order valence-corrected chi connectivity index (χ2v) is 12.2. The maximum Gasteiger partial charge on any atom is 0.242 e. The first kappa shape index (κ1) is 26.3. The van der Waals surface area contributed by atoms with Crippen LogP contribution in [0.2, 0.25) is 0 Å². The third-order valence-electron chi connectivity index (χ3n) is 8.57. The van der Waals surface area contributed by atoms with E-state index in [0.717, 1.165) is 65.8 Å². The SMILES string of the molecule is CCC1CC2CC(C)(CC(=O)NCC(=O)N3CCN(Cc4cc(Br)ccc4CN=O)CC3)CC2C1. The number of nitroso groups, excluding NO2 is 1. The highest BCUT2D eigenvalue weighted by Gasteiger charge is 2.47. The van der Waals surface area contributed by atoms with Crippen molar-refractivity contribution in [1.82, 2.24) is 15.1 Å². The van der Waals surface area contributed by atoms with E-state index in [1.54, 1.807) is 0 Å². The normalized spacial score (nSPS) is 28.7. The van der Waals surface area contributed by atoms with Crippen LogP contribution in [0.4, 0.5) is 0 Å². The fourth-order valence-corrected chi connectivity index (χ4v) is 7.17. The topological polar surface area (TPSA) is 82.1 Å². The monoisotopic (exact) mass is 546 g/mol. The Balaban J connectivity index is 1.18. The Morgan fingerprint density at radius 3 is 2.43 bits per heavy atom. The number of piperazine rings is 1. The third kappa shape index (κ3) is 6.70. The number of rotatable bonds is 9. The fourth-order valence-electron chi connectivity index (χ4n) is 6.76. The minimum atomic E-state index is -0.00877. The highest BCUT2D eigenvalue weighted by Crippen LogP contribution is 2.56. The number of hydrogen-bond acceptors (Lipinski definition) is 5. The number of halogens is 1. The number of nitrogens with one attached hydrogen (secondary N) is 1. The molecule has 8 heteroatoms. The van der Waals surface area contributed by atoms with Crippen molar-refractivity contribution >= 4 is 27.7 Å². The molecule has 0 spiro atoms. The Morgan fingerprint density at radius 1 is 1.11 bits per heavy atom. The van der Waals surface area contributed by atoms with E-state index in [4.69, 9.17) is 0 Å². The van der Waals surface area contributed by atoms with Crippen molar-refractivity contribution < 1.29 is 9.59 Å². The molecular formula is C27H39BrN4O3. The van der Waals surface area contributed by atoms with Crippen LogP contribution in [0.5, 0.6) is 0 Å². The van der Waals surface area contributed by atoms with Crippen molar-refractivity contribution in [3.05, 3.63) is 38.7 Å². The summed E-state index contributed by atoms with van der Waals surface area (Å²) < 4.78 is 0.978. The van der Waals surface area contributed by atoms with Crippen LogP contribution in [-0.4, -0.2) is 54.3 Å². The average Bonchev–Trinajstić information content (AvgIpc) is 3.34. The number of amides is 2. The molecule has 2 saturated carbocycles. The van der Waals surface area contributed by atoms with E-state index in [1.165, 1.54) is 19.3 Å². The third-order valence-corrected chi connectivity index (χ3v) is 9.07. The Bertz CT molecular complexity index is 917. The lowest BCUT2D eigenvalue weighted by Gasteiger charge is -2.35. The maximum atomic E-state index is 12.7. The zero-order valence-corrected chi connectivity index (χ0v) is 22.7. The van der Waals surface area contributed by atoms with Gasteiger partial charge in [0.05, 0.1) is 6.54 Å². The number of carbonyl (C=O) groups is 2. The lowest BCUT2D eigenvalue weighted by atomic mass is 9.81. The molecule has 1 aromatic carbocycles. The second-order valence-electron chi connectivity index (χ2n) is 11.3. The molecular weight excluding hydrogens is 508 g/mol. The highest BCUT2D eigenvalue weighted by atomic mass is 79.9. The summed E-state index contributed by atoms with van der Waals surface area (Å²) in [5.41, 5.74) is 2.10. The van der Waals surface area contributed by atoms with Crippen LogP contribution in [0.15, 0.2) is 27.8 Å². The summed E-state index contributed by atoms with van der Waals surface area (Å²) in [5, 5.41) is 5.95. The lowest BCUT2D eigenvalue weighted by molar-refractivity contribution is -0.134. The summed E-state index contributed by atoms with van der Waals surface area (Å²) in [7, 11) is 0. The van der Waals surface area contributed by atoms with Gasteiger partial charge < -0.3 is 10.2 Å². The minimum absolute atomic E-state index is 0.00877. The predicted octanol–water partition coefficient (Wildman–Crippen LogP) is 4.72. The Labute approximate surface area is 217 Å². The van der Waals surface area contributed by atoms with Gasteiger partial charge in [-0.15, -0.1) is 0 Å². The van der Waals surface area contributed by atoms with Crippen molar-refractivity contribution in [1.29, 1.82) is 0 Å². The molecule has 7 nitrogen and oxygen atoms in total. The maximum absolute atomic E-state index is 12.7. The van der Waals surface area contributed by atoms with E-state index in [2.05, 4.69) is 45.2 Å². The molecule has 1 aromatic rings. The molecule has 1 N–H and O–H groups in total. The number of fused-ring (bicyclic) bond motifs is 1. The molecule has 4 rings (SSSR count). The van der Waals surface area contributed by atoms with Crippen molar-refractivity contribution in [2.45, 2.75) is 65.5 Å². The van der Waals surface area contributed by atoms with Gasteiger partial charge >= 0.3 is 0 Å². The van der Waals surface area contributed by atoms with Gasteiger partial charge in [-0.1, -0.05) is 47.4 Å². The molecule has 192 valence electrons. The largest absolute Gasteiger partial charge is 0.347 e. The molecule has 2 aliphatic carbocycles. The van der Waals surface area contributed by atoms with Gasteiger partial charge in [-0.3, -0.25) is 14.5 Å². The highest BCUT2D eigenvalue weighted by molar-refractivity contribution is 9.10. The van der Waals surface area contributed by atoms with Crippen LogP contribution in [-0.2, 0) is 22.7 Å². The van der Waals surface area contributed by atoms with Gasteiger partial charge in [-0.05, 0) is 72.1 Å². The average molecular weight is 548 g/mol. The zero-order valence-electron chi connectivity index (χ0n) is 21.1. The van der Waals surface area contributed by atoms with Crippen molar-refractivity contribution in [3.63, 3.8) is 0 Å². The first-order chi connectivity index (χ1) is 16.8. The van der Waals surface area contributed by atoms with Gasteiger partial charge in [0.1, 0.15) is 6.54 Å². The van der Waals surface area contributed by atoms with Crippen LogP contribution in [0.1, 0.15) is 63.5 Å².